The number of rotatable bonds is 0. The molecule has 24 heavy (non-hydrogen) atoms. The molecule has 0 N–H and O–H groups in total. The van der Waals surface area contributed by atoms with E-state index in [0.29, 0.717) is 23.0 Å². The predicted molar refractivity (Wildman–Crippen MR) is 95.0 cm³/mol. The van der Waals surface area contributed by atoms with E-state index in [-0.39, 0.29) is 5.41 Å². The van der Waals surface area contributed by atoms with Gasteiger partial charge in [-0.3, -0.25) is 4.79 Å². The molecule has 0 aromatic rings. The Bertz CT molecular complexity index is 628. The van der Waals surface area contributed by atoms with Crippen molar-refractivity contribution < 1.29 is 4.79 Å². The van der Waals surface area contributed by atoms with Crippen molar-refractivity contribution in [2.75, 3.05) is 0 Å². The van der Waals surface area contributed by atoms with E-state index in [4.69, 9.17) is 0 Å². The first-order chi connectivity index (χ1) is 11.4. The van der Waals surface area contributed by atoms with E-state index in [1.807, 2.05) is 6.08 Å². The van der Waals surface area contributed by atoms with Crippen LogP contribution in [0.3, 0.4) is 0 Å². The number of hydrogen-bond donors (Lipinski definition) is 0. The van der Waals surface area contributed by atoms with Crippen LogP contribution in [0.2, 0.25) is 0 Å². The van der Waals surface area contributed by atoms with Gasteiger partial charge in [0.1, 0.15) is 5.78 Å². The molecule has 4 rings (SSSR count). The average molecular weight is 325 g/mol. The number of fused-ring (bicyclic) bond motifs is 5. The zero-order valence-corrected chi connectivity index (χ0v) is 15.5. The molecule has 0 aliphatic heterocycles. The molecule has 2 nitrogen and oxygen atoms in total. The van der Waals surface area contributed by atoms with E-state index in [9.17, 15) is 10.1 Å². The van der Waals surface area contributed by atoms with E-state index < -0.39 is 0 Å². The molecule has 4 aliphatic rings. The van der Waals surface area contributed by atoms with E-state index in [2.05, 4.69) is 26.8 Å². The van der Waals surface area contributed by atoms with Crippen LogP contribution < -0.4 is 0 Å². The number of ketones is 1. The molecule has 0 heterocycles. The Morgan fingerprint density at radius 3 is 2.75 bits per heavy atom. The minimum atomic E-state index is 0.254. The quantitative estimate of drug-likeness (QED) is 0.567. The third-order valence-corrected chi connectivity index (χ3v) is 8.81. The molecule has 0 aromatic carbocycles. The van der Waals surface area contributed by atoms with Crippen LogP contribution in [0.15, 0.2) is 11.6 Å². The predicted octanol–water partition coefficient (Wildman–Crippen LogP) is 5.29. The van der Waals surface area contributed by atoms with Crippen molar-refractivity contribution >= 4 is 5.78 Å². The summed E-state index contributed by atoms with van der Waals surface area (Å²) in [5.41, 5.74) is 2.05. The monoisotopic (exact) mass is 325 g/mol. The van der Waals surface area contributed by atoms with Crippen molar-refractivity contribution in [1.82, 2.24) is 0 Å². The number of nitriles is 1. The molecule has 4 saturated carbocycles. The van der Waals surface area contributed by atoms with E-state index >= 15 is 0 Å². The fourth-order valence-corrected chi connectivity index (χ4v) is 7.91. The van der Waals surface area contributed by atoms with Crippen molar-refractivity contribution in [2.45, 2.75) is 72.1 Å². The highest BCUT2D eigenvalue weighted by molar-refractivity contribution is 5.79. The second kappa shape index (κ2) is 5.45. The summed E-state index contributed by atoms with van der Waals surface area (Å²) >= 11 is 0. The largest absolute Gasteiger partial charge is 0.300 e. The summed E-state index contributed by atoms with van der Waals surface area (Å²) in [6, 6.07) is 2.31. The van der Waals surface area contributed by atoms with Crippen molar-refractivity contribution in [3.63, 3.8) is 0 Å². The molecule has 0 bridgehead atoms. The molecular weight excluding hydrogens is 294 g/mol. The SMILES string of the molecule is C[C@H]1CC2(C)/C(=C\C#N)CCC2[C@@H]2CCC3CC(=O)CC[C@]3(C)C21. The van der Waals surface area contributed by atoms with E-state index in [1.165, 1.54) is 31.3 Å². The van der Waals surface area contributed by atoms with E-state index in [1.54, 1.807) is 0 Å². The molecule has 0 aromatic heterocycles. The number of nitrogens with zero attached hydrogens (tertiary/aromatic N) is 1. The zero-order valence-electron chi connectivity index (χ0n) is 15.5. The van der Waals surface area contributed by atoms with Crippen molar-refractivity contribution in [1.29, 1.82) is 5.26 Å². The third-order valence-electron chi connectivity index (χ3n) is 8.81. The van der Waals surface area contributed by atoms with Gasteiger partial charge in [-0.25, -0.2) is 0 Å². The Labute approximate surface area is 146 Å². The highest BCUT2D eigenvalue weighted by Crippen LogP contribution is 2.68. The Balaban J connectivity index is 1.70. The summed E-state index contributed by atoms with van der Waals surface area (Å²) in [6.45, 7) is 7.42. The van der Waals surface area contributed by atoms with Crippen molar-refractivity contribution in [2.24, 2.45) is 40.4 Å². The smallest absolute Gasteiger partial charge is 0.133 e. The van der Waals surface area contributed by atoms with Crippen LogP contribution in [0, 0.1) is 51.8 Å². The number of Topliss-reactive ketones (excluding diaryl/α,β-unsaturated/α-hetero) is 1. The third kappa shape index (κ3) is 2.09. The molecule has 4 fully saturated rings. The van der Waals surface area contributed by atoms with Gasteiger partial charge < -0.3 is 0 Å². The van der Waals surface area contributed by atoms with Gasteiger partial charge in [0.15, 0.2) is 0 Å². The molecule has 0 saturated heterocycles. The van der Waals surface area contributed by atoms with Crippen LogP contribution in [0.4, 0.5) is 0 Å². The molecule has 130 valence electrons. The van der Waals surface area contributed by atoms with Crippen LogP contribution in [-0.2, 0) is 4.79 Å². The lowest BCUT2D eigenvalue weighted by molar-refractivity contribution is -0.145. The maximum absolute atomic E-state index is 12.0. The Morgan fingerprint density at radius 1 is 1.21 bits per heavy atom. The first-order valence-corrected chi connectivity index (χ1v) is 10.0. The fraction of sp³-hybridized carbons (Fsp3) is 0.818. The first-order valence-electron chi connectivity index (χ1n) is 10.0. The molecule has 0 radical (unpaired) electrons. The zero-order chi connectivity index (χ0) is 17.1. The molecule has 4 aliphatic carbocycles. The summed E-state index contributed by atoms with van der Waals surface area (Å²) in [5.74, 6) is 4.18. The topological polar surface area (TPSA) is 40.9 Å². The first kappa shape index (κ1) is 16.4. The molecule has 4 unspecified atom stereocenters. The van der Waals surface area contributed by atoms with Gasteiger partial charge in [-0.15, -0.1) is 0 Å². The fourth-order valence-electron chi connectivity index (χ4n) is 7.91. The highest BCUT2D eigenvalue weighted by Gasteiger charge is 2.61. The van der Waals surface area contributed by atoms with Crippen molar-refractivity contribution in [3.05, 3.63) is 11.6 Å². The minimum Gasteiger partial charge on any atom is -0.300 e. The van der Waals surface area contributed by atoms with Crippen LogP contribution in [0.25, 0.3) is 0 Å². The summed E-state index contributed by atoms with van der Waals surface area (Å²) in [7, 11) is 0. The lowest BCUT2D eigenvalue weighted by Crippen LogP contribution is -2.55. The number of allylic oxidation sites excluding steroid dienone is 2. The van der Waals surface area contributed by atoms with Gasteiger partial charge in [0.05, 0.1) is 6.07 Å². The van der Waals surface area contributed by atoms with Crippen molar-refractivity contribution in [3.8, 4) is 6.07 Å². The Hall–Kier alpha value is -1.10. The molecule has 7 atom stereocenters. The molecule has 0 amide bonds. The van der Waals surface area contributed by atoms with Gasteiger partial charge >= 0.3 is 0 Å². The van der Waals surface area contributed by atoms with Gasteiger partial charge in [-0.1, -0.05) is 26.3 Å². The van der Waals surface area contributed by atoms with Crippen LogP contribution >= 0.6 is 0 Å². The van der Waals surface area contributed by atoms with E-state index in [0.717, 1.165) is 43.4 Å². The van der Waals surface area contributed by atoms with Crippen LogP contribution in [0.5, 0.6) is 0 Å². The summed E-state index contributed by atoms with van der Waals surface area (Å²) in [4.78, 5) is 12.0. The second-order valence-electron chi connectivity index (χ2n) is 9.76. The second-order valence-corrected chi connectivity index (χ2v) is 9.76. The maximum Gasteiger partial charge on any atom is 0.133 e. The molecule has 0 spiro atoms. The normalized spacial score (nSPS) is 52.3. The van der Waals surface area contributed by atoms with Gasteiger partial charge in [0, 0.05) is 18.9 Å². The van der Waals surface area contributed by atoms with Crippen LogP contribution in [0.1, 0.15) is 72.1 Å². The molecule has 2 heteroatoms. The standard InChI is InChI=1S/C22H31NO/c1-14-13-22(3)15(9-11-23)5-7-19(22)18-6-4-16-12-17(24)8-10-21(16,2)20(14)18/h9,14,16,18-20H,4-8,10,12-13H2,1-3H3/b15-9-/t14-,16?,18-,19?,20?,21-,22?/m0/s1. The Kier molecular flexibility index (Phi) is 3.72. The lowest BCUT2D eigenvalue weighted by Gasteiger charge is -2.62. The summed E-state index contributed by atoms with van der Waals surface area (Å²) in [5, 5.41) is 9.19. The number of carbonyl (C=O) groups is 1. The van der Waals surface area contributed by atoms with Gasteiger partial charge in [0.2, 0.25) is 0 Å². The van der Waals surface area contributed by atoms with Crippen LogP contribution in [-0.4, -0.2) is 5.78 Å². The average Bonchev–Trinajstić information content (AvgIpc) is 2.84. The summed E-state index contributed by atoms with van der Waals surface area (Å²) in [6.07, 6.45) is 10.8. The maximum atomic E-state index is 12.0. The van der Waals surface area contributed by atoms with Gasteiger partial charge in [0.25, 0.3) is 0 Å². The highest BCUT2D eigenvalue weighted by atomic mass is 16.1. The minimum absolute atomic E-state index is 0.254. The summed E-state index contributed by atoms with van der Waals surface area (Å²) < 4.78 is 0. The van der Waals surface area contributed by atoms with Gasteiger partial charge in [-0.2, -0.15) is 5.26 Å². The van der Waals surface area contributed by atoms with Gasteiger partial charge in [-0.05, 0) is 78.9 Å². The molecular formula is C22H31NO. The number of hydrogen-bond acceptors (Lipinski definition) is 2. The lowest BCUT2D eigenvalue weighted by atomic mass is 9.43. The number of carbonyl (C=O) groups excluding carboxylic acids is 1. The Morgan fingerprint density at radius 2 is 2.00 bits per heavy atom.